The second kappa shape index (κ2) is 14.6. The third-order valence-corrected chi connectivity index (χ3v) is 4.73. The molecule has 1 N–H and O–H groups in total. The fourth-order valence-corrected chi connectivity index (χ4v) is 3.19. The Bertz CT molecular complexity index is 354. The van der Waals surface area contributed by atoms with Crippen LogP contribution in [0.2, 0.25) is 0 Å². The van der Waals surface area contributed by atoms with Gasteiger partial charge in [0.05, 0.1) is 25.9 Å². The van der Waals surface area contributed by atoms with Crippen molar-refractivity contribution in [1.29, 1.82) is 0 Å². The fourth-order valence-electron chi connectivity index (χ4n) is 3.19. The molecule has 0 aromatic rings. The second-order valence-electron chi connectivity index (χ2n) is 7.97. The zero-order chi connectivity index (χ0) is 19.1. The van der Waals surface area contributed by atoms with E-state index in [-0.39, 0.29) is 6.10 Å². The van der Waals surface area contributed by atoms with E-state index in [2.05, 4.69) is 19.1 Å². The molecule has 2 unspecified atom stereocenters. The normalized spacial score (nSPS) is 20.8. The van der Waals surface area contributed by atoms with Gasteiger partial charge in [0.1, 0.15) is 6.10 Å². The van der Waals surface area contributed by atoms with Crippen LogP contribution in [0.3, 0.4) is 0 Å². The van der Waals surface area contributed by atoms with Gasteiger partial charge in [0, 0.05) is 0 Å². The number of hydrogen-bond donors (Lipinski definition) is 1. The molecule has 26 heavy (non-hydrogen) atoms. The molecular weight excluding hydrogens is 328 g/mol. The monoisotopic (exact) mass is 370 g/mol. The maximum atomic E-state index is 9.94. The lowest BCUT2D eigenvalue weighted by molar-refractivity contribution is -0.146. The van der Waals surface area contributed by atoms with Gasteiger partial charge in [0.2, 0.25) is 0 Å². The Morgan fingerprint density at radius 2 is 1.69 bits per heavy atom. The zero-order valence-electron chi connectivity index (χ0n) is 17.4. The van der Waals surface area contributed by atoms with E-state index >= 15 is 0 Å². The van der Waals surface area contributed by atoms with Crippen molar-refractivity contribution in [1.82, 2.24) is 0 Å². The number of rotatable bonds is 16. The average molecular weight is 371 g/mol. The van der Waals surface area contributed by atoms with Gasteiger partial charge in [0.15, 0.2) is 5.79 Å². The lowest BCUT2D eigenvalue weighted by atomic mass is 10.1. The van der Waals surface area contributed by atoms with Gasteiger partial charge in [-0.2, -0.15) is 0 Å². The van der Waals surface area contributed by atoms with Crippen LogP contribution >= 0.6 is 0 Å². The van der Waals surface area contributed by atoms with Crippen molar-refractivity contribution in [3.05, 3.63) is 12.2 Å². The van der Waals surface area contributed by atoms with Crippen molar-refractivity contribution < 1.29 is 19.3 Å². The molecule has 0 saturated carbocycles. The molecule has 0 radical (unpaired) electrons. The molecule has 1 fully saturated rings. The Morgan fingerprint density at radius 3 is 2.31 bits per heavy atom. The summed E-state index contributed by atoms with van der Waals surface area (Å²) in [5, 5.41) is 9.94. The molecule has 0 aromatic carbocycles. The molecule has 0 amide bonds. The van der Waals surface area contributed by atoms with E-state index in [0.717, 1.165) is 6.42 Å². The number of hydrogen-bond acceptors (Lipinski definition) is 4. The summed E-state index contributed by atoms with van der Waals surface area (Å²) in [5.74, 6) is -0.509. The molecule has 1 heterocycles. The molecular formula is C22H42O4. The largest absolute Gasteiger partial charge is 0.390 e. The lowest BCUT2D eigenvalue weighted by Gasteiger charge is -2.17. The zero-order valence-corrected chi connectivity index (χ0v) is 17.4. The quantitative estimate of drug-likeness (QED) is 0.293. The van der Waals surface area contributed by atoms with E-state index in [9.17, 15) is 5.11 Å². The van der Waals surface area contributed by atoms with Gasteiger partial charge in [-0.1, -0.05) is 70.4 Å². The fraction of sp³-hybridized carbons (Fsp3) is 0.909. The van der Waals surface area contributed by atoms with Crippen LogP contribution in [0.1, 0.15) is 91.4 Å². The Morgan fingerprint density at radius 1 is 1.04 bits per heavy atom. The van der Waals surface area contributed by atoms with E-state index in [4.69, 9.17) is 14.2 Å². The Kier molecular flexibility index (Phi) is 13.3. The minimum absolute atomic E-state index is 0.0283. The summed E-state index contributed by atoms with van der Waals surface area (Å²) in [7, 11) is 0. The number of ether oxygens (including phenoxy) is 3. The van der Waals surface area contributed by atoms with Crippen molar-refractivity contribution >= 4 is 0 Å². The molecule has 1 rings (SSSR count). The molecule has 1 aliphatic heterocycles. The highest BCUT2D eigenvalue weighted by Crippen LogP contribution is 2.22. The van der Waals surface area contributed by atoms with Crippen LogP contribution in [0.25, 0.3) is 0 Å². The molecule has 1 aliphatic rings. The van der Waals surface area contributed by atoms with Crippen LogP contribution in [0.15, 0.2) is 12.2 Å². The predicted octanol–water partition coefficient (Wildman–Crippen LogP) is 5.38. The van der Waals surface area contributed by atoms with E-state index < -0.39 is 11.9 Å². The third kappa shape index (κ3) is 12.9. The van der Waals surface area contributed by atoms with E-state index in [1.165, 1.54) is 57.8 Å². The number of aliphatic hydroxyl groups is 1. The Hall–Kier alpha value is -0.420. The highest BCUT2D eigenvalue weighted by atomic mass is 16.7. The molecule has 0 bridgehead atoms. The van der Waals surface area contributed by atoms with Crippen molar-refractivity contribution in [3.63, 3.8) is 0 Å². The van der Waals surface area contributed by atoms with Crippen LogP contribution < -0.4 is 0 Å². The average Bonchev–Trinajstić information content (AvgIpc) is 2.95. The highest BCUT2D eigenvalue weighted by Gasteiger charge is 2.32. The molecule has 0 aromatic heterocycles. The molecule has 4 nitrogen and oxygen atoms in total. The second-order valence-corrected chi connectivity index (χ2v) is 7.97. The first-order valence-electron chi connectivity index (χ1n) is 10.8. The van der Waals surface area contributed by atoms with Crippen LogP contribution in [-0.2, 0) is 14.2 Å². The summed E-state index contributed by atoms with van der Waals surface area (Å²) in [6, 6.07) is 0. The first-order chi connectivity index (χ1) is 12.5. The SMILES string of the molecule is CCCCCCCCCCCC=CCC(O)COCC1COC(C)(C)O1. The lowest BCUT2D eigenvalue weighted by Crippen LogP contribution is -2.25. The summed E-state index contributed by atoms with van der Waals surface area (Å²) in [5.41, 5.74) is 0. The van der Waals surface area contributed by atoms with Crippen LogP contribution in [0, 0.1) is 0 Å². The van der Waals surface area contributed by atoms with Crippen molar-refractivity contribution in [2.75, 3.05) is 19.8 Å². The molecule has 0 spiro atoms. The maximum absolute atomic E-state index is 9.94. The van der Waals surface area contributed by atoms with E-state index in [1.54, 1.807) is 0 Å². The molecule has 154 valence electrons. The van der Waals surface area contributed by atoms with Gasteiger partial charge in [-0.25, -0.2) is 0 Å². The number of aliphatic hydroxyl groups excluding tert-OH is 1. The van der Waals surface area contributed by atoms with Crippen molar-refractivity contribution in [2.45, 2.75) is 109 Å². The Labute approximate surface area is 161 Å². The van der Waals surface area contributed by atoms with Gasteiger partial charge < -0.3 is 19.3 Å². The molecule has 0 aliphatic carbocycles. The summed E-state index contributed by atoms with van der Waals surface area (Å²) >= 11 is 0. The van der Waals surface area contributed by atoms with Crippen molar-refractivity contribution in [3.8, 4) is 0 Å². The predicted molar refractivity (Wildman–Crippen MR) is 107 cm³/mol. The minimum atomic E-state index is -0.509. The topological polar surface area (TPSA) is 47.9 Å². The van der Waals surface area contributed by atoms with Gasteiger partial charge in [-0.3, -0.25) is 0 Å². The summed E-state index contributed by atoms with van der Waals surface area (Å²) in [6.45, 7) is 7.45. The van der Waals surface area contributed by atoms with Crippen LogP contribution in [-0.4, -0.2) is 42.9 Å². The van der Waals surface area contributed by atoms with Gasteiger partial charge in [0.25, 0.3) is 0 Å². The molecule has 4 heteroatoms. The number of unbranched alkanes of at least 4 members (excludes halogenated alkanes) is 9. The first kappa shape index (κ1) is 23.6. The molecule has 1 saturated heterocycles. The summed E-state index contributed by atoms with van der Waals surface area (Å²) in [4.78, 5) is 0. The molecule has 2 atom stereocenters. The van der Waals surface area contributed by atoms with Gasteiger partial charge in [-0.15, -0.1) is 0 Å². The van der Waals surface area contributed by atoms with Gasteiger partial charge >= 0.3 is 0 Å². The first-order valence-corrected chi connectivity index (χ1v) is 10.8. The highest BCUT2D eigenvalue weighted by molar-refractivity contribution is 4.84. The van der Waals surface area contributed by atoms with E-state index in [0.29, 0.717) is 26.2 Å². The standard InChI is InChI=1S/C22H42O4/c1-4-5-6-7-8-9-10-11-12-13-14-15-16-20(23)17-24-18-21-19-25-22(2,3)26-21/h14-15,20-21,23H,4-13,16-19H2,1-3H3. The summed E-state index contributed by atoms with van der Waals surface area (Å²) < 4.78 is 16.7. The maximum Gasteiger partial charge on any atom is 0.163 e. The summed E-state index contributed by atoms with van der Waals surface area (Å²) in [6.07, 6.45) is 17.8. The minimum Gasteiger partial charge on any atom is -0.390 e. The smallest absolute Gasteiger partial charge is 0.163 e. The van der Waals surface area contributed by atoms with Crippen LogP contribution in [0.4, 0.5) is 0 Å². The van der Waals surface area contributed by atoms with Gasteiger partial charge in [-0.05, 0) is 33.1 Å². The Balaban J connectivity index is 1.85. The van der Waals surface area contributed by atoms with Crippen molar-refractivity contribution in [2.24, 2.45) is 0 Å². The third-order valence-electron chi connectivity index (χ3n) is 4.73. The van der Waals surface area contributed by atoms with E-state index in [1.807, 2.05) is 13.8 Å². The van der Waals surface area contributed by atoms with Crippen LogP contribution in [0.5, 0.6) is 0 Å². The number of allylic oxidation sites excluding steroid dienone is 1.